The Bertz CT molecular complexity index is 1370. The van der Waals surface area contributed by atoms with Gasteiger partial charge in [-0.25, -0.2) is 8.42 Å². The van der Waals surface area contributed by atoms with Crippen molar-refractivity contribution in [2.75, 3.05) is 30.8 Å². The summed E-state index contributed by atoms with van der Waals surface area (Å²) in [5.41, 5.74) is 1.90. The van der Waals surface area contributed by atoms with Gasteiger partial charge in [0.15, 0.2) is 0 Å². The summed E-state index contributed by atoms with van der Waals surface area (Å²) >= 11 is 6.23. The number of carbonyl (C=O) groups is 2. The van der Waals surface area contributed by atoms with Crippen molar-refractivity contribution in [3.8, 4) is 5.75 Å². The zero-order valence-electron chi connectivity index (χ0n) is 23.0. The molecule has 3 aromatic rings. The van der Waals surface area contributed by atoms with E-state index in [1.807, 2.05) is 43.3 Å². The number of ether oxygens (including phenoxy) is 1. The van der Waals surface area contributed by atoms with Crippen LogP contribution >= 0.6 is 11.6 Å². The third-order valence-corrected chi connectivity index (χ3v) is 7.76. The van der Waals surface area contributed by atoms with Crippen molar-refractivity contribution in [3.63, 3.8) is 0 Å². The van der Waals surface area contributed by atoms with Crippen LogP contribution < -0.4 is 14.4 Å². The van der Waals surface area contributed by atoms with Gasteiger partial charge in [0.05, 0.1) is 19.1 Å². The highest BCUT2D eigenvalue weighted by Crippen LogP contribution is 2.23. The first-order valence-electron chi connectivity index (χ1n) is 13.1. The number of carbonyl (C=O) groups excluding carboxylic acids is 2. The maximum absolute atomic E-state index is 14.0. The van der Waals surface area contributed by atoms with Gasteiger partial charge >= 0.3 is 0 Å². The number of amides is 2. The summed E-state index contributed by atoms with van der Waals surface area (Å²) < 4.78 is 31.9. The molecule has 214 valence electrons. The number of nitrogens with one attached hydrogen (secondary N) is 1. The van der Waals surface area contributed by atoms with E-state index in [1.165, 1.54) is 12.0 Å². The van der Waals surface area contributed by atoms with Gasteiger partial charge in [0.2, 0.25) is 21.8 Å². The van der Waals surface area contributed by atoms with Crippen molar-refractivity contribution in [2.24, 2.45) is 0 Å². The van der Waals surface area contributed by atoms with Crippen molar-refractivity contribution in [3.05, 3.63) is 95.0 Å². The van der Waals surface area contributed by atoms with Gasteiger partial charge in [-0.15, -0.1) is 0 Å². The monoisotopic (exact) mass is 585 g/mol. The van der Waals surface area contributed by atoms with E-state index in [2.05, 4.69) is 5.32 Å². The molecule has 0 aliphatic carbocycles. The molecule has 40 heavy (non-hydrogen) atoms. The highest BCUT2D eigenvalue weighted by atomic mass is 35.5. The number of unbranched alkanes of at least 4 members (excludes halogenated alkanes) is 1. The Morgan fingerprint density at radius 3 is 2.25 bits per heavy atom. The molecule has 0 spiro atoms. The first-order chi connectivity index (χ1) is 19.1. The predicted octanol–water partition coefficient (Wildman–Crippen LogP) is 4.67. The Morgan fingerprint density at radius 2 is 1.65 bits per heavy atom. The molecular formula is C30H36ClN3O5S. The van der Waals surface area contributed by atoms with E-state index in [1.54, 1.807) is 42.5 Å². The molecule has 0 radical (unpaired) electrons. The lowest BCUT2D eigenvalue weighted by atomic mass is 10.0. The highest BCUT2D eigenvalue weighted by molar-refractivity contribution is 7.92. The number of benzene rings is 3. The Balaban J connectivity index is 2.02. The average molecular weight is 586 g/mol. The van der Waals surface area contributed by atoms with Gasteiger partial charge in [-0.1, -0.05) is 67.4 Å². The fourth-order valence-corrected chi connectivity index (χ4v) is 5.32. The molecule has 1 atom stereocenters. The van der Waals surface area contributed by atoms with Gasteiger partial charge in [-0.05, 0) is 53.9 Å². The second-order valence-electron chi connectivity index (χ2n) is 9.47. The molecule has 0 saturated heterocycles. The smallest absolute Gasteiger partial charge is 0.244 e. The number of methoxy groups -OCH3 is 1. The molecule has 0 saturated carbocycles. The number of nitrogens with zero attached hydrogens (tertiary/aromatic N) is 2. The lowest BCUT2D eigenvalue weighted by Gasteiger charge is -2.33. The van der Waals surface area contributed by atoms with Crippen LogP contribution in [0.25, 0.3) is 0 Å². The molecule has 8 nitrogen and oxygen atoms in total. The predicted molar refractivity (Wildman–Crippen MR) is 159 cm³/mol. The number of hydrogen-bond donors (Lipinski definition) is 1. The molecule has 0 fully saturated rings. The normalized spacial score (nSPS) is 11.9. The minimum Gasteiger partial charge on any atom is -0.497 e. The number of rotatable bonds is 14. The Hall–Kier alpha value is -3.56. The number of anilines is 1. The molecule has 3 rings (SSSR count). The second kappa shape index (κ2) is 14.7. The molecule has 0 aliphatic rings. The van der Waals surface area contributed by atoms with Crippen LogP contribution in [-0.4, -0.2) is 57.6 Å². The summed E-state index contributed by atoms with van der Waals surface area (Å²) in [6, 6.07) is 22.0. The first kappa shape index (κ1) is 31.0. The van der Waals surface area contributed by atoms with E-state index in [0.29, 0.717) is 23.0 Å². The summed E-state index contributed by atoms with van der Waals surface area (Å²) in [5, 5.41) is 3.45. The van der Waals surface area contributed by atoms with Crippen molar-refractivity contribution < 1.29 is 22.7 Å². The van der Waals surface area contributed by atoms with E-state index < -0.39 is 28.5 Å². The number of hydrogen-bond acceptors (Lipinski definition) is 5. The lowest BCUT2D eigenvalue weighted by molar-refractivity contribution is -0.140. The van der Waals surface area contributed by atoms with Crippen LogP contribution in [0.15, 0.2) is 78.9 Å². The molecular weight excluding hydrogens is 550 g/mol. The Morgan fingerprint density at radius 1 is 0.975 bits per heavy atom. The van der Waals surface area contributed by atoms with Crippen LogP contribution in [0.3, 0.4) is 0 Å². The van der Waals surface area contributed by atoms with Crippen molar-refractivity contribution in [1.29, 1.82) is 0 Å². The van der Waals surface area contributed by atoms with Gasteiger partial charge < -0.3 is 15.0 Å². The van der Waals surface area contributed by atoms with Gasteiger partial charge in [0, 0.05) is 24.5 Å². The fraction of sp³-hybridized carbons (Fsp3) is 0.333. The quantitative estimate of drug-likeness (QED) is 0.277. The maximum atomic E-state index is 14.0. The number of halogens is 1. The van der Waals surface area contributed by atoms with Crippen molar-refractivity contribution >= 4 is 39.1 Å². The molecule has 0 unspecified atom stereocenters. The summed E-state index contributed by atoms with van der Waals surface area (Å²) in [4.78, 5) is 29.1. The van der Waals surface area contributed by atoms with Crippen LogP contribution in [0, 0.1) is 0 Å². The molecule has 10 heteroatoms. The molecule has 0 aromatic heterocycles. The minimum absolute atomic E-state index is 0.0678. The SMILES string of the molecule is CCCCNC(=O)[C@H](Cc1ccccc1)N(Cc1cccc(Cl)c1)C(=O)CN(c1ccc(OC)cc1)S(C)(=O)=O. The standard InChI is InChI=1S/C30H36ClN3O5S/c1-4-5-18-32-30(36)28(20-23-10-7-6-8-11-23)33(21-24-12-9-13-25(31)19-24)29(35)22-34(40(3,37)38)26-14-16-27(39-2)17-15-26/h6-17,19,28H,4-5,18,20-22H2,1-3H3,(H,32,36)/t28-/m0/s1. The van der Waals surface area contributed by atoms with E-state index in [0.717, 1.165) is 34.5 Å². The fourth-order valence-electron chi connectivity index (χ4n) is 4.25. The van der Waals surface area contributed by atoms with Crippen LogP contribution in [0.1, 0.15) is 30.9 Å². The van der Waals surface area contributed by atoms with Gasteiger partial charge in [-0.2, -0.15) is 0 Å². The molecule has 0 aliphatic heterocycles. The van der Waals surface area contributed by atoms with E-state index in [4.69, 9.17) is 16.3 Å². The zero-order chi connectivity index (χ0) is 29.1. The zero-order valence-corrected chi connectivity index (χ0v) is 24.6. The maximum Gasteiger partial charge on any atom is 0.244 e. The average Bonchev–Trinajstić information content (AvgIpc) is 2.93. The van der Waals surface area contributed by atoms with E-state index in [-0.39, 0.29) is 18.9 Å². The summed E-state index contributed by atoms with van der Waals surface area (Å²) in [6.45, 7) is 2.08. The number of sulfonamides is 1. The summed E-state index contributed by atoms with van der Waals surface area (Å²) in [7, 11) is -2.33. The van der Waals surface area contributed by atoms with Crippen molar-refractivity contribution in [1.82, 2.24) is 10.2 Å². The molecule has 2 amide bonds. The summed E-state index contributed by atoms with van der Waals surface area (Å²) in [6.07, 6.45) is 3.00. The van der Waals surface area contributed by atoms with Crippen LogP contribution in [0.4, 0.5) is 5.69 Å². The molecule has 0 bridgehead atoms. The van der Waals surface area contributed by atoms with Crippen LogP contribution in [0.5, 0.6) is 5.75 Å². The first-order valence-corrected chi connectivity index (χ1v) is 15.3. The second-order valence-corrected chi connectivity index (χ2v) is 11.8. The highest BCUT2D eigenvalue weighted by Gasteiger charge is 2.33. The minimum atomic E-state index is -3.84. The van der Waals surface area contributed by atoms with Gasteiger partial charge in [0.25, 0.3) is 0 Å². The van der Waals surface area contributed by atoms with E-state index >= 15 is 0 Å². The molecule has 3 aromatic carbocycles. The third kappa shape index (κ3) is 8.99. The Labute approximate surface area is 241 Å². The van der Waals surface area contributed by atoms with Gasteiger partial charge in [-0.3, -0.25) is 13.9 Å². The van der Waals surface area contributed by atoms with Gasteiger partial charge in [0.1, 0.15) is 18.3 Å². The molecule has 1 N–H and O–H groups in total. The van der Waals surface area contributed by atoms with Crippen molar-refractivity contribution in [2.45, 2.75) is 38.8 Å². The van der Waals surface area contributed by atoms with E-state index in [9.17, 15) is 18.0 Å². The Kier molecular flexibility index (Phi) is 11.4. The van der Waals surface area contributed by atoms with Crippen LogP contribution in [0.2, 0.25) is 5.02 Å². The summed E-state index contributed by atoms with van der Waals surface area (Å²) in [5.74, 6) is -0.270. The third-order valence-electron chi connectivity index (χ3n) is 6.38. The van der Waals surface area contributed by atoms with Crippen LogP contribution in [-0.2, 0) is 32.6 Å². The lowest BCUT2D eigenvalue weighted by Crippen LogP contribution is -2.53. The molecule has 0 heterocycles. The topological polar surface area (TPSA) is 96.0 Å². The largest absolute Gasteiger partial charge is 0.497 e.